The second-order valence-corrected chi connectivity index (χ2v) is 4.72. The Morgan fingerprint density at radius 2 is 2.00 bits per heavy atom. The molecule has 1 saturated carbocycles. The van der Waals surface area contributed by atoms with E-state index >= 15 is 0 Å². The summed E-state index contributed by atoms with van der Waals surface area (Å²) in [6.07, 6.45) is 5.72. The van der Waals surface area contributed by atoms with Crippen LogP contribution in [0.4, 0.5) is 0 Å². The van der Waals surface area contributed by atoms with Crippen molar-refractivity contribution in [1.82, 2.24) is 10.2 Å². The van der Waals surface area contributed by atoms with Gasteiger partial charge in [-0.1, -0.05) is 24.7 Å². The first-order chi connectivity index (χ1) is 7.68. The van der Waals surface area contributed by atoms with Gasteiger partial charge in [0.2, 0.25) is 5.91 Å². The van der Waals surface area contributed by atoms with Crippen LogP contribution < -0.4 is 5.32 Å². The van der Waals surface area contributed by atoms with E-state index in [4.69, 9.17) is 0 Å². The quantitative estimate of drug-likeness (QED) is 0.726. The zero-order valence-corrected chi connectivity index (χ0v) is 10.4. The van der Waals surface area contributed by atoms with Crippen LogP contribution in [0.3, 0.4) is 0 Å². The third-order valence-electron chi connectivity index (χ3n) is 2.84. The highest BCUT2D eigenvalue weighted by Crippen LogP contribution is 2.27. The molecular weight excluding hydrogens is 200 g/mol. The van der Waals surface area contributed by atoms with Crippen molar-refractivity contribution >= 4 is 5.91 Å². The monoisotopic (exact) mass is 222 g/mol. The Morgan fingerprint density at radius 3 is 2.62 bits per heavy atom. The summed E-state index contributed by atoms with van der Waals surface area (Å²) in [6, 6.07) is 0. The topological polar surface area (TPSA) is 32.3 Å². The van der Waals surface area contributed by atoms with Crippen LogP contribution in [0.15, 0.2) is 0 Å². The Bertz CT molecular complexity index is 269. The molecule has 3 heteroatoms. The molecule has 0 aliphatic heterocycles. The van der Waals surface area contributed by atoms with Gasteiger partial charge in [-0.3, -0.25) is 9.69 Å². The molecule has 1 N–H and O–H groups in total. The van der Waals surface area contributed by atoms with Crippen LogP contribution in [-0.4, -0.2) is 38.0 Å². The average Bonchev–Trinajstić information content (AvgIpc) is 2.69. The Kier molecular flexibility index (Phi) is 5.95. The van der Waals surface area contributed by atoms with Crippen LogP contribution in [0.5, 0.6) is 0 Å². The lowest BCUT2D eigenvalue weighted by Gasteiger charge is -2.07. The maximum atomic E-state index is 11.5. The summed E-state index contributed by atoms with van der Waals surface area (Å²) in [6.45, 7) is 1.23. The van der Waals surface area contributed by atoms with Crippen molar-refractivity contribution in [2.45, 2.75) is 32.1 Å². The molecule has 0 saturated heterocycles. The highest BCUT2D eigenvalue weighted by atomic mass is 16.1. The molecule has 90 valence electrons. The lowest BCUT2D eigenvalue weighted by Crippen LogP contribution is -2.25. The SMILES string of the molecule is CN(C)CC#CCNC(=O)CC1CCCC1. The van der Waals surface area contributed by atoms with Crippen LogP contribution >= 0.6 is 0 Å². The average molecular weight is 222 g/mol. The maximum absolute atomic E-state index is 11.5. The molecule has 1 amide bonds. The Morgan fingerprint density at radius 1 is 1.31 bits per heavy atom. The van der Waals surface area contributed by atoms with Gasteiger partial charge in [0.25, 0.3) is 0 Å². The minimum atomic E-state index is 0.158. The van der Waals surface area contributed by atoms with E-state index in [1.165, 1.54) is 25.7 Å². The van der Waals surface area contributed by atoms with Gasteiger partial charge in [-0.25, -0.2) is 0 Å². The standard InChI is InChI=1S/C13H22N2O/c1-15(2)10-6-5-9-14-13(16)11-12-7-3-4-8-12/h12H,3-4,7-11H2,1-2H3,(H,14,16). The van der Waals surface area contributed by atoms with Crippen molar-refractivity contribution in [3.8, 4) is 11.8 Å². The molecule has 1 fully saturated rings. The molecule has 16 heavy (non-hydrogen) atoms. The zero-order valence-electron chi connectivity index (χ0n) is 10.4. The largest absolute Gasteiger partial charge is 0.345 e. The lowest BCUT2D eigenvalue weighted by atomic mass is 10.0. The summed E-state index contributed by atoms with van der Waals surface area (Å²) in [5.74, 6) is 6.72. The third kappa shape index (κ3) is 5.77. The van der Waals surface area contributed by atoms with Gasteiger partial charge < -0.3 is 5.32 Å². The van der Waals surface area contributed by atoms with E-state index < -0.39 is 0 Å². The minimum Gasteiger partial charge on any atom is -0.345 e. The van der Waals surface area contributed by atoms with E-state index in [2.05, 4.69) is 17.2 Å². The molecule has 0 bridgehead atoms. The van der Waals surface area contributed by atoms with E-state index in [1.807, 2.05) is 19.0 Å². The molecule has 1 rings (SSSR count). The predicted octanol–water partition coefficient (Wildman–Crippen LogP) is 1.25. The minimum absolute atomic E-state index is 0.158. The van der Waals surface area contributed by atoms with E-state index in [9.17, 15) is 4.79 Å². The van der Waals surface area contributed by atoms with Crippen molar-refractivity contribution < 1.29 is 4.79 Å². The number of nitrogens with one attached hydrogen (secondary N) is 1. The zero-order chi connectivity index (χ0) is 11.8. The molecule has 0 atom stereocenters. The highest BCUT2D eigenvalue weighted by Gasteiger charge is 2.17. The fourth-order valence-corrected chi connectivity index (χ4v) is 1.97. The van der Waals surface area contributed by atoms with Gasteiger partial charge in [-0.15, -0.1) is 0 Å². The number of hydrogen-bond acceptors (Lipinski definition) is 2. The van der Waals surface area contributed by atoms with Gasteiger partial charge in [0.15, 0.2) is 0 Å². The first-order valence-electron chi connectivity index (χ1n) is 6.05. The molecule has 0 radical (unpaired) electrons. The van der Waals surface area contributed by atoms with Crippen molar-refractivity contribution in [3.63, 3.8) is 0 Å². The van der Waals surface area contributed by atoms with Gasteiger partial charge >= 0.3 is 0 Å². The van der Waals surface area contributed by atoms with E-state index in [0.29, 0.717) is 18.9 Å². The van der Waals surface area contributed by atoms with Crippen molar-refractivity contribution in [2.24, 2.45) is 5.92 Å². The van der Waals surface area contributed by atoms with E-state index in [0.717, 1.165) is 6.54 Å². The van der Waals surface area contributed by atoms with Gasteiger partial charge in [0, 0.05) is 6.42 Å². The molecule has 0 heterocycles. The van der Waals surface area contributed by atoms with Gasteiger partial charge in [-0.2, -0.15) is 0 Å². The number of hydrogen-bond donors (Lipinski definition) is 1. The molecule has 0 spiro atoms. The Balaban J connectivity index is 2.07. The fraction of sp³-hybridized carbons (Fsp3) is 0.769. The number of carbonyl (C=O) groups excluding carboxylic acids is 1. The highest BCUT2D eigenvalue weighted by molar-refractivity contribution is 5.76. The first kappa shape index (κ1) is 13.1. The summed E-state index contributed by atoms with van der Waals surface area (Å²) in [4.78, 5) is 13.5. The molecule has 0 aromatic carbocycles. The summed E-state index contributed by atoms with van der Waals surface area (Å²) in [5.41, 5.74) is 0. The molecule has 3 nitrogen and oxygen atoms in total. The molecule has 1 aliphatic carbocycles. The van der Waals surface area contributed by atoms with Crippen molar-refractivity contribution in [3.05, 3.63) is 0 Å². The van der Waals surface area contributed by atoms with Crippen LogP contribution in [0.2, 0.25) is 0 Å². The molecule has 1 aliphatic rings. The lowest BCUT2D eigenvalue weighted by molar-refractivity contribution is -0.121. The molecule has 0 aromatic heterocycles. The second-order valence-electron chi connectivity index (χ2n) is 4.72. The number of carbonyl (C=O) groups is 1. The van der Waals surface area contributed by atoms with Crippen molar-refractivity contribution in [2.75, 3.05) is 27.2 Å². The van der Waals surface area contributed by atoms with Crippen molar-refractivity contribution in [1.29, 1.82) is 0 Å². The van der Waals surface area contributed by atoms with E-state index in [1.54, 1.807) is 0 Å². The van der Waals surface area contributed by atoms with Gasteiger partial charge in [0.05, 0.1) is 13.1 Å². The Hall–Kier alpha value is -1.01. The molecule has 0 unspecified atom stereocenters. The van der Waals surface area contributed by atoms with Crippen LogP contribution in [0.1, 0.15) is 32.1 Å². The normalized spacial score (nSPS) is 15.9. The summed E-state index contributed by atoms with van der Waals surface area (Å²) < 4.78 is 0. The smallest absolute Gasteiger partial charge is 0.221 e. The first-order valence-corrected chi connectivity index (χ1v) is 6.05. The number of rotatable bonds is 4. The molecule has 0 aromatic rings. The summed E-state index contributed by atoms with van der Waals surface area (Å²) in [5, 5.41) is 2.85. The summed E-state index contributed by atoms with van der Waals surface area (Å²) in [7, 11) is 3.96. The molecular formula is C13H22N2O. The summed E-state index contributed by atoms with van der Waals surface area (Å²) >= 11 is 0. The third-order valence-corrected chi connectivity index (χ3v) is 2.84. The number of amides is 1. The second kappa shape index (κ2) is 7.29. The fourth-order valence-electron chi connectivity index (χ4n) is 1.97. The number of nitrogens with zero attached hydrogens (tertiary/aromatic N) is 1. The van der Waals surface area contributed by atoms with Crippen LogP contribution in [0, 0.1) is 17.8 Å². The van der Waals surface area contributed by atoms with Crippen LogP contribution in [-0.2, 0) is 4.79 Å². The Labute approximate surface area is 98.6 Å². The van der Waals surface area contributed by atoms with E-state index in [-0.39, 0.29) is 5.91 Å². The van der Waals surface area contributed by atoms with Gasteiger partial charge in [-0.05, 0) is 32.9 Å². The predicted molar refractivity (Wildman–Crippen MR) is 65.9 cm³/mol. The van der Waals surface area contributed by atoms with Gasteiger partial charge in [0.1, 0.15) is 0 Å². The maximum Gasteiger partial charge on any atom is 0.221 e. The van der Waals surface area contributed by atoms with Crippen LogP contribution in [0.25, 0.3) is 0 Å².